The first-order chi connectivity index (χ1) is 16.2. The monoisotopic (exact) mass is 482 g/mol. The Morgan fingerprint density at radius 2 is 1.71 bits per heavy atom. The lowest BCUT2D eigenvalue weighted by Crippen LogP contribution is -2.60. The van der Waals surface area contributed by atoms with E-state index in [-0.39, 0.29) is 39.5 Å². The minimum atomic E-state index is -1.06. The molecule has 2 spiro atoms. The van der Waals surface area contributed by atoms with Crippen LogP contribution >= 0.6 is 0 Å². The summed E-state index contributed by atoms with van der Waals surface area (Å²) in [6.07, 6.45) is 13.6. The first-order valence-corrected chi connectivity index (χ1v) is 13.8. The zero-order valence-electron chi connectivity index (χ0n) is 22.3. The van der Waals surface area contributed by atoms with Gasteiger partial charge < -0.3 is 14.6 Å². The third kappa shape index (κ3) is 2.74. The average molecular weight is 483 g/mol. The van der Waals surface area contributed by atoms with Crippen LogP contribution in [0.15, 0.2) is 23.8 Å². The van der Waals surface area contributed by atoms with Gasteiger partial charge in [-0.1, -0.05) is 26.0 Å². The lowest BCUT2D eigenvalue weighted by molar-refractivity contribution is -0.195. The van der Waals surface area contributed by atoms with Crippen LogP contribution in [-0.2, 0) is 19.1 Å². The fourth-order valence-electron chi connectivity index (χ4n) is 10.7. The van der Waals surface area contributed by atoms with Crippen LogP contribution in [0.1, 0.15) is 92.9 Å². The van der Waals surface area contributed by atoms with E-state index in [2.05, 4.69) is 33.8 Å². The van der Waals surface area contributed by atoms with Crippen LogP contribution in [0.4, 0.5) is 0 Å². The molecule has 2 aliphatic heterocycles. The van der Waals surface area contributed by atoms with Gasteiger partial charge in [-0.2, -0.15) is 0 Å². The molecule has 0 amide bonds. The van der Waals surface area contributed by atoms with Crippen molar-refractivity contribution < 1.29 is 24.2 Å². The smallest absolute Gasteiger partial charge is 0.333 e. The first kappa shape index (κ1) is 23.8. The number of carbonyl (C=O) groups is 2. The number of hydrogen-bond acceptors (Lipinski definition) is 5. The van der Waals surface area contributed by atoms with Crippen LogP contribution in [0.5, 0.6) is 0 Å². The van der Waals surface area contributed by atoms with E-state index >= 15 is 0 Å². The second-order valence-electron chi connectivity index (χ2n) is 14.1. The van der Waals surface area contributed by atoms with Gasteiger partial charge in [-0.15, -0.1) is 0 Å². The van der Waals surface area contributed by atoms with Gasteiger partial charge in [-0.3, -0.25) is 0 Å². The molecule has 0 bridgehead atoms. The maximum atomic E-state index is 12.4. The van der Waals surface area contributed by atoms with Gasteiger partial charge in [0.05, 0.1) is 0 Å². The van der Waals surface area contributed by atoms with Crippen LogP contribution in [0.25, 0.3) is 0 Å². The molecule has 0 aromatic rings. The lowest BCUT2D eigenvalue weighted by atomic mass is 9.43. The van der Waals surface area contributed by atoms with Crippen molar-refractivity contribution in [3.05, 3.63) is 23.8 Å². The summed E-state index contributed by atoms with van der Waals surface area (Å²) in [5, 5.41) is 12.0. The van der Waals surface area contributed by atoms with Crippen molar-refractivity contribution >= 4 is 11.9 Å². The van der Waals surface area contributed by atoms with Gasteiger partial charge >= 0.3 is 11.9 Å². The molecule has 0 aromatic carbocycles. The molecular formula is C30H42O5. The summed E-state index contributed by atoms with van der Waals surface area (Å²) in [6, 6.07) is 0. The Balaban J connectivity index is 1.34. The van der Waals surface area contributed by atoms with E-state index in [1.165, 1.54) is 0 Å². The van der Waals surface area contributed by atoms with Crippen molar-refractivity contribution in [3.8, 4) is 0 Å². The average Bonchev–Trinajstić information content (AvgIpc) is 3.38. The molecule has 0 radical (unpaired) electrons. The zero-order chi connectivity index (χ0) is 25.2. The Morgan fingerprint density at radius 1 is 1.00 bits per heavy atom. The molecule has 35 heavy (non-hydrogen) atoms. The van der Waals surface area contributed by atoms with Crippen molar-refractivity contribution in [1.29, 1.82) is 0 Å². The minimum Gasteiger partial charge on any atom is -0.456 e. The molecule has 5 nitrogen and oxygen atoms in total. The van der Waals surface area contributed by atoms with Crippen LogP contribution in [0, 0.1) is 39.4 Å². The Hall–Kier alpha value is -1.62. The van der Waals surface area contributed by atoms with Crippen LogP contribution in [0.3, 0.4) is 0 Å². The molecule has 192 valence electrons. The van der Waals surface area contributed by atoms with Crippen LogP contribution in [0.2, 0.25) is 0 Å². The number of cyclic esters (lactones) is 2. The van der Waals surface area contributed by atoms with Gasteiger partial charge in [0.25, 0.3) is 0 Å². The summed E-state index contributed by atoms with van der Waals surface area (Å²) in [4.78, 5) is 24.7. The fourth-order valence-corrected chi connectivity index (χ4v) is 10.7. The molecule has 4 saturated carbocycles. The third-order valence-corrected chi connectivity index (χ3v) is 12.6. The molecule has 0 unspecified atom stereocenters. The maximum absolute atomic E-state index is 12.4. The lowest BCUT2D eigenvalue weighted by Gasteiger charge is -2.62. The van der Waals surface area contributed by atoms with E-state index in [9.17, 15) is 14.7 Å². The van der Waals surface area contributed by atoms with E-state index in [0.717, 1.165) is 44.9 Å². The Labute approximate surface area is 209 Å². The SMILES string of the molecule is CC1=CC[C@H]([C@](C)(O)[C@H]2CC[C@@]3(C)[C@@H]4CC[C@H]5C(C)(C)OC(=O)C=C[C@@]56C[C@@]46CC[C@]23C)OC1=O. The quantitative estimate of drug-likeness (QED) is 0.526. The predicted octanol–water partition coefficient (Wildman–Crippen LogP) is 5.51. The topological polar surface area (TPSA) is 72.8 Å². The van der Waals surface area contributed by atoms with Crippen molar-refractivity contribution in [2.24, 2.45) is 39.4 Å². The highest BCUT2D eigenvalue weighted by Crippen LogP contribution is 2.87. The molecule has 9 atom stereocenters. The maximum Gasteiger partial charge on any atom is 0.333 e. The molecule has 5 heteroatoms. The van der Waals surface area contributed by atoms with E-state index in [0.29, 0.717) is 23.8 Å². The van der Waals surface area contributed by atoms with E-state index in [1.807, 2.05) is 13.0 Å². The van der Waals surface area contributed by atoms with E-state index in [1.54, 1.807) is 13.0 Å². The molecule has 4 aliphatic carbocycles. The summed E-state index contributed by atoms with van der Waals surface area (Å²) in [5.41, 5.74) is -0.518. The molecule has 4 fully saturated rings. The Bertz CT molecular complexity index is 1050. The van der Waals surface area contributed by atoms with Gasteiger partial charge in [0, 0.05) is 29.4 Å². The second-order valence-corrected chi connectivity index (χ2v) is 14.1. The van der Waals surface area contributed by atoms with E-state index in [4.69, 9.17) is 9.47 Å². The second kappa shape index (κ2) is 6.82. The normalized spacial score (nSPS) is 51.3. The predicted molar refractivity (Wildman–Crippen MR) is 132 cm³/mol. The number of carbonyl (C=O) groups excluding carboxylic acids is 2. The number of ether oxygens (including phenoxy) is 2. The minimum absolute atomic E-state index is 0.0259. The number of fused-ring (bicyclic) bond motifs is 2. The van der Waals surface area contributed by atoms with Crippen molar-refractivity contribution in [2.45, 2.75) is 110 Å². The van der Waals surface area contributed by atoms with Crippen molar-refractivity contribution in [1.82, 2.24) is 0 Å². The summed E-state index contributed by atoms with van der Waals surface area (Å²) >= 11 is 0. The molecule has 0 saturated heterocycles. The highest BCUT2D eigenvalue weighted by atomic mass is 16.6. The standard InChI is InChI=1S/C30H42O5/c1-18-7-10-22(34-24(18)32)28(6,33)20-11-13-26(4)21-9-8-19-25(2,3)35-23(31)12-14-29(19)17-30(21,29)16-15-27(20,26)5/h7,12,14,19-22,33H,8-11,13,15-17H2,1-6H3/t19-,20-,21-,22+,26-,27+,28+,29+,30-/m0/s1. The highest BCUT2D eigenvalue weighted by Gasteiger charge is 2.82. The van der Waals surface area contributed by atoms with Crippen molar-refractivity contribution in [2.75, 3.05) is 0 Å². The number of esters is 2. The number of aliphatic hydroxyl groups is 1. The molecular weight excluding hydrogens is 440 g/mol. The van der Waals surface area contributed by atoms with Gasteiger partial charge in [-0.05, 0) is 101 Å². The van der Waals surface area contributed by atoms with E-state index < -0.39 is 17.3 Å². The highest BCUT2D eigenvalue weighted by molar-refractivity contribution is 5.88. The third-order valence-electron chi connectivity index (χ3n) is 12.6. The number of rotatable bonds is 2. The first-order valence-electron chi connectivity index (χ1n) is 13.8. The summed E-state index contributed by atoms with van der Waals surface area (Å²) < 4.78 is 11.7. The zero-order valence-corrected chi connectivity index (χ0v) is 22.3. The summed E-state index contributed by atoms with van der Waals surface area (Å²) in [7, 11) is 0. The summed E-state index contributed by atoms with van der Waals surface area (Å²) in [6.45, 7) is 12.8. The molecule has 0 aromatic heterocycles. The van der Waals surface area contributed by atoms with Gasteiger partial charge in [-0.25, -0.2) is 9.59 Å². The molecule has 2 heterocycles. The van der Waals surface area contributed by atoms with Crippen LogP contribution < -0.4 is 0 Å². The molecule has 6 rings (SSSR count). The molecule has 1 N–H and O–H groups in total. The largest absolute Gasteiger partial charge is 0.456 e. The molecule has 6 aliphatic rings. The van der Waals surface area contributed by atoms with Gasteiger partial charge in [0.1, 0.15) is 17.3 Å². The summed E-state index contributed by atoms with van der Waals surface area (Å²) in [5.74, 6) is 0.509. The number of allylic oxidation sites excluding steroid dienone is 1. The fraction of sp³-hybridized carbons (Fsp3) is 0.800. The number of hydrogen-bond donors (Lipinski definition) is 1. The van der Waals surface area contributed by atoms with Crippen LogP contribution in [-0.4, -0.2) is 34.4 Å². The Morgan fingerprint density at radius 3 is 2.43 bits per heavy atom. The van der Waals surface area contributed by atoms with Gasteiger partial charge in [0.15, 0.2) is 0 Å². The Kier molecular flexibility index (Phi) is 4.63. The van der Waals surface area contributed by atoms with Gasteiger partial charge in [0.2, 0.25) is 0 Å². The van der Waals surface area contributed by atoms with Crippen molar-refractivity contribution in [3.63, 3.8) is 0 Å².